The first-order valence-corrected chi connectivity index (χ1v) is 9.51. The van der Waals surface area contributed by atoms with Crippen molar-refractivity contribution >= 4 is 6.09 Å². The maximum atomic E-state index is 12.3. The number of ether oxygens (including phenoxy) is 2. The first-order valence-electron chi connectivity index (χ1n) is 9.51. The van der Waals surface area contributed by atoms with Crippen LogP contribution >= 0.6 is 0 Å². The lowest BCUT2D eigenvalue weighted by molar-refractivity contribution is 0.0257. The molecule has 0 atom stereocenters. The van der Waals surface area contributed by atoms with Crippen molar-refractivity contribution in [2.45, 2.75) is 39.3 Å². The molecule has 1 amide bonds. The highest BCUT2D eigenvalue weighted by Gasteiger charge is 2.25. The van der Waals surface area contributed by atoms with Gasteiger partial charge in [-0.05, 0) is 39.3 Å². The Hall–Kier alpha value is -2.61. The molecule has 1 aliphatic heterocycles. The van der Waals surface area contributed by atoms with Crippen molar-refractivity contribution in [2.24, 2.45) is 0 Å². The zero-order chi connectivity index (χ0) is 20.1. The number of nitrogens with zero attached hydrogens (tertiary/aromatic N) is 4. The molecule has 0 N–H and O–H groups in total. The maximum Gasteiger partial charge on any atom is 0.410 e. The zero-order valence-corrected chi connectivity index (χ0v) is 17.0. The number of carbonyl (C=O) groups excluding carboxylic acids is 1. The van der Waals surface area contributed by atoms with Crippen LogP contribution in [0.1, 0.15) is 33.1 Å². The summed E-state index contributed by atoms with van der Waals surface area (Å²) in [5.74, 6) is 1.85. The predicted octanol–water partition coefficient (Wildman–Crippen LogP) is 3.19. The van der Waals surface area contributed by atoms with Gasteiger partial charge in [0.15, 0.2) is 0 Å². The van der Waals surface area contributed by atoms with Gasteiger partial charge in [-0.15, -0.1) is 0 Å². The quantitative estimate of drug-likeness (QED) is 0.795. The lowest BCUT2D eigenvalue weighted by Gasteiger charge is -2.26. The Labute approximate surface area is 165 Å². The SMILES string of the molecule is COc1cccc(-c2noc(CN3CCCN(C(=O)OC(C)(C)C)CC3)n2)c1. The van der Waals surface area contributed by atoms with Crippen LogP contribution in [-0.2, 0) is 11.3 Å². The third-order valence-electron chi connectivity index (χ3n) is 4.40. The number of hydrogen-bond donors (Lipinski definition) is 0. The van der Waals surface area contributed by atoms with E-state index in [0.717, 1.165) is 30.8 Å². The molecule has 0 unspecified atom stereocenters. The van der Waals surface area contributed by atoms with E-state index in [4.69, 9.17) is 14.0 Å². The number of benzene rings is 1. The molecule has 0 bridgehead atoms. The molecule has 0 saturated carbocycles. The van der Waals surface area contributed by atoms with Crippen molar-refractivity contribution in [2.75, 3.05) is 33.3 Å². The molecule has 1 aliphatic rings. The molecule has 0 spiro atoms. The Morgan fingerprint density at radius 1 is 1.21 bits per heavy atom. The molecule has 2 heterocycles. The van der Waals surface area contributed by atoms with Gasteiger partial charge in [0, 0.05) is 31.7 Å². The largest absolute Gasteiger partial charge is 0.497 e. The minimum atomic E-state index is -0.483. The maximum absolute atomic E-state index is 12.3. The predicted molar refractivity (Wildman–Crippen MR) is 104 cm³/mol. The van der Waals surface area contributed by atoms with Gasteiger partial charge in [-0.3, -0.25) is 4.90 Å². The van der Waals surface area contributed by atoms with Crippen LogP contribution in [0, 0.1) is 0 Å². The lowest BCUT2D eigenvalue weighted by Crippen LogP contribution is -2.39. The Morgan fingerprint density at radius 3 is 2.79 bits per heavy atom. The summed E-state index contributed by atoms with van der Waals surface area (Å²) in [6.45, 7) is 9.08. The molecular weight excluding hydrogens is 360 g/mol. The fraction of sp³-hybridized carbons (Fsp3) is 0.550. The van der Waals surface area contributed by atoms with E-state index in [0.29, 0.717) is 31.3 Å². The number of methoxy groups -OCH3 is 1. The number of amides is 1. The van der Waals surface area contributed by atoms with Crippen molar-refractivity contribution in [3.05, 3.63) is 30.2 Å². The standard InChI is InChI=1S/C20H28N4O4/c1-20(2,3)27-19(25)24-10-6-9-23(11-12-24)14-17-21-18(22-28-17)15-7-5-8-16(13-15)26-4/h5,7-8,13H,6,9-12,14H2,1-4H3. The van der Waals surface area contributed by atoms with Gasteiger partial charge in [0.2, 0.25) is 11.7 Å². The molecule has 1 aromatic heterocycles. The van der Waals surface area contributed by atoms with Crippen molar-refractivity contribution in [3.63, 3.8) is 0 Å². The lowest BCUT2D eigenvalue weighted by atomic mass is 10.2. The third-order valence-corrected chi connectivity index (χ3v) is 4.40. The third kappa shape index (κ3) is 5.45. The van der Waals surface area contributed by atoms with E-state index in [1.54, 1.807) is 12.0 Å². The van der Waals surface area contributed by atoms with Crippen molar-refractivity contribution in [1.29, 1.82) is 0 Å². The van der Waals surface area contributed by atoms with E-state index >= 15 is 0 Å². The summed E-state index contributed by atoms with van der Waals surface area (Å²) >= 11 is 0. The van der Waals surface area contributed by atoms with E-state index < -0.39 is 5.60 Å². The molecule has 0 aliphatic carbocycles. The molecule has 2 aromatic rings. The van der Waals surface area contributed by atoms with Gasteiger partial charge in [0.1, 0.15) is 11.4 Å². The van der Waals surface area contributed by atoms with Crippen LogP contribution in [0.5, 0.6) is 5.75 Å². The Kier molecular flexibility index (Phi) is 6.18. The van der Waals surface area contributed by atoms with Gasteiger partial charge >= 0.3 is 6.09 Å². The second-order valence-corrected chi connectivity index (χ2v) is 7.84. The zero-order valence-electron chi connectivity index (χ0n) is 17.0. The van der Waals surface area contributed by atoms with Crippen LogP contribution in [0.25, 0.3) is 11.4 Å². The van der Waals surface area contributed by atoms with Gasteiger partial charge in [-0.25, -0.2) is 4.79 Å². The Bertz CT molecular complexity index is 799. The second-order valence-electron chi connectivity index (χ2n) is 7.84. The molecule has 1 saturated heterocycles. The first kappa shape index (κ1) is 20.1. The van der Waals surface area contributed by atoms with Gasteiger partial charge in [0.05, 0.1) is 13.7 Å². The van der Waals surface area contributed by atoms with E-state index in [9.17, 15) is 4.79 Å². The molecule has 0 radical (unpaired) electrons. The van der Waals surface area contributed by atoms with Crippen LogP contribution in [0.3, 0.4) is 0 Å². The summed E-state index contributed by atoms with van der Waals surface area (Å²) in [6, 6.07) is 7.56. The topological polar surface area (TPSA) is 80.9 Å². The minimum Gasteiger partial charge on any atom is -0.497 e. The summed E-state index contributed by atoms with van der Waals surface area (Å²) in [4.78, 5) is 20.8. The van der Waals surface area contributed by atoms with E-state index in [-0.39, 0.29) is 6.09 Å². The highest BCUT2D eigenvalue weighted by molar-refractivity contribution is 5.68. The molecule has 1 fully saturated rings. The molecule has 28 heavy (non-hydrogen) atoms. The average molecular weight is 388 g/mol. The van der Waals surface area contributed by atoms with Crippen LogP contribution in [0.15, 0.2) is 28.8 Å². The second kappa shape index (κ2) is 8.60. The summed E-state index contributed by atoms with van der Waals surface area (Å²) < 4.78 is 16.1. The van der Waals surface area contributed by atoms with Gasteiger partial charge in [-0.1, -0.05) is 17.3 Å². The summed E-state index contributed by atoms with van der Waals surface area (Å²) in [5, 5.41) is 4.08. The first-order chi connectivity index (χ1) is 13.3. The normalized spacial score (nSPS) is 15.9. The Balaban J connectivity index is 1.58. The average Bonchev–Trinajstić information content (AvgIpc) is 2.98. The van der Waals surface area contributed by atoms with Gasteiger partial charge in [0.25, 0.3) is 0 Å². The number of aromatic nitrogens is 2. The van der Waals surface area contributed by atoms with Crippen LogP contribution < -0.4 is 4.74 Å². The Morgan fingerprint density at radius 2 is 2.04 bits per heavy atom. The molecule has 8 nitrogen and oxygen atoms in total. The van der Waals surface area contributed by atoms with E-state index in [1.807, 2.05) is 45.0 Å². The van der Waals surface area contributed by atoms with E-state index in [2.05, 4.69) is 15.0 Å². The van der Waals surface area contributed by atoms with Crippen LogP contribution in [0.4, 0.5) is 4.79 Å². The van der Waals surface area contributed by atoms with Gasteiger partial charge in [-0.2, -0.15) is 4.98 Å². The molecule has 3 rings (SSSR count). The number of rotatable bonds is 4. The molecule has 152 valence electrons. The fourth-order valence-electron chi connectivity index (χ4n) is 3.03. The highest BCUT2D eigenvalue weighted by Crippen LogP contribution is 2.21. The molecule has 1 aromatic carbocycles. The monoisotopic (exact) mass is 388 g/mol. The summed E-state index contributed by atoms with van der Waals surface area (Å²) in [5.41, 5.74) is 0.366. The van der Waals surface area contributed by atoms with Gasteiger partial charge < -0.3 is 18.9 Å². The van der Waals surface area contributed by atoms with E-state index in [1.165, 1.54) is 0 Å². The van der Waals surface area contributed by atoms with Crippen molar-refractivity contribution in [3.8, 4) is 17.1 Å². The number of carbonyl (C=O) groups is 1. The van der Waals surface area contributed by atoms with Crippen LogP contribution in [0.2, 0.25) is 0 Å². The number of hydrogen-bond acceptors (Lipinski definition) is 7. The van der Waals surface area contributed by atoms with Crippen molar-refractivity contribution in [1.82, 2.24) is 19.9 Å². The summed E-state index contributed by atoms with van der Waals surface area (Å²) in [7, 11) is 1.63. The molecular formula is C20H28N4O4. The van der Waals surface area contributed by atoms with Crippen molar-refractivity contribution < 1.29 is 18.8 Å². The van der Waals surface area contributed by atoms with Crippen LogP contribution in [-0.4, -0.2) is 64.9 Å². The molecule has 8 heteroatoms. The smallest absolute Gasteiger partial charge is 0.410 e. The summed E-state index contributed by atoms with van der Waals surface area (Å²) in [6.07, 6.45) is 0.614. The minimum absolute atomic E-state index is 0.257. The fourth-order valence-corrected chi connectivity index (χ4v) is 3.03. The highest BCUT2D eigenvalue weighted by atomic mass is 16.6.